The predicted molar refractivity (Wildman–Crippen MR) is 103 cm³/mol. The third-order valence-electron chi connectivity index (χ3n) is 5.64. The number of likely N-dealkylation sites (tertiary alicyclic amines) is 1. The molecule has 27 heavy (non-hydrogen) atoms. The molecule has 2 heterocycles. The van der Waals surface area contributed by atoms with E-state index in [0.717, 1.165) is 12.8 Å². The highest BCUT2D eigenvalue weighted by Crippen LogP contribution is 2.39. The molecule has 6 heteroatoms. The van der Waals surface area contributed by atoms with Crippen LogP contribution >= 0.6 is 0 Å². The van der Waals surface area contributed by atoms with Crippen LogP contribution in [0, 0.1) is 11.3 Å². The zero-order chi connectivity index (χ0) is 19.4. The molecule has 0 bridgehead atoms. The number of hydrogen-bond acceptors (Lipinski definition) is 3. The van der Waals surface area contributed by atoms with Crippen molar-refractivity contribution in [3.8, 4) is 0 Å². The zero-order valence-corrected chi connectivity index (χ0v) is 16.2. The van der Waals surface area contributed by atoms with Gasteiger partial charge >= 0.3 is 0 Å². The van der Waals surface area contributed by atoms with E-state index in [4.69, 9.17) is 0 Å². The summed E-state index contributed by atoms with van der Waals surface area (Å²) in [7, 11) is 0. The summed E-state index contributed by atoms with van der Waals surface area (Å²) in [6, 6.07) is 9.67. The summed E-state index contributed by atoms with van der Waals surface area (Å²) in [5, 5.41) is 5.78. The van der Waals surface area contributed by atoms with E-state index in [9.17, 15) is 14.4 Å². The van der Waals surface area contributed by atoms with E-state index in [1.54, 1.807) is 4.90 Å². The van der Waals surface area contributed by atoms with Crippen LogP contribution in [0.15, 0.2) is 30.3 Å². The third kappa shape index (κ3) is 4.31. The van der Waals surface area contributed by atoms with Crippen molar-refractivity contribution in [1.29, 1.82) is 0 Å². The smallest absolute Gasteiger partial charge is 0.242 e. The fraction of sp³-hybridized carbons (Fsp3) is 0.571. The van der Waals surface area contributed by atoms with Crippen LogP contribution in [0.4, 0.5) is 0 Å². The number of nitrogens with zero attached hydrogens (tertiary/aromatic N) is 1. The molecular weight excluding hydrogens is 342 g/mol. The van der Waals surface area contributed by atoms with Crippen LogP contribution in [0.1, 0.15) is 38.7 Å². The highest BCUT2D eigenvalue weighted by molar-refractivity contribution is 5.95. The molecule has 0 radical (unpaired) electrons. The summed E-state index contributed by atoms with van der Waals surface area (Å²) in [5.41, 5.74) is 0.650. The summed E-state index contributed by atoms with van der Waals surface area (Å²) in [4.78, 5) is 39.0. The maximum Gasteiger partial charge on any atom is 0.242 e. The molecule has 2 saturated heterocycles. The molecule has 0 unspecified atom stereocenters. The normalized spacial score (nSPS) is 24.5. The molecule has 3 rings (SSSR count). The van der Waals surface area contributed by atoms with Gasteiger partial charge in [-0.2, -0.15) is 0 Å². The Labute approximate surface area is 160 Å². The lowest BCUT2D eigenvalue weighted by molar-refractivity contribution is -0.134. The first-order chi connectivity index (χ1) is 12.9. The van der Waals surface area contributed by atoms with Crippen molar-refractivity contribution < 1.29 is 14.4 Å². The molecule has 2 N–H and O–H groups in total. The van der Waals surface area contributed by atoms with Crippen molar-refractivity contribution in [3.05, 3.63) is 35.9 Å². The van der Waals surface area contributed by atoms with Gasteiger partial charge in [-0.1, -0.05) is 44.2 Å². The Balaban J connectivity index is 1.47. The van der Waals surface area contributed by atoms with Crippen molar-refractivity contribution in [2.75, 3.05) is 19.6 Å². The van der Waals surface area contributed by atoms with Gasteiger partial charge in [0.25, 0.3) is 0 Å². The van der Waals surface area contributed by atoms with Crippen LogP contribution in [0.2, 0.25) is 0 Å². The summed E-state index contributed by atoms with van der Waals surface area (Å²) < 4.78 is 0. The standard InChI is InChI=1S/C21H29N3O3/c1-15(2)19(26)24-12-10-21(14-24)13-17(23-20(21)27)18(25)22-11-6-9-16-7-4-3-5-8-16/h3-5,7-8,15,17H,6,9-14H2,1-2H3,(H,22,25)(H,23,27)/t17-,21+/m0/s1. The molecular formula is C21H29N3O3. The average Bonchev–Trinajstić information content (AvgIpc) is 3.23. The SMILES string of the molecule is CC(C)C(=O)N1CC[C@@]2(C[C@@H](C(=O)NCCCc3ccccc3)NC2=O)C1. The molecule has 0 aliphatic carbocycles. The van der Waals surface area contributed by atoms with Gasteiger partial charge in [0.2, 0.25) is 17.7 Å². The van der Waals surface area contributed by atoms with Crippen LogP contribution in [0.5, 0.6) is 0 Å². The highest BCUT2D eigenvalue weighted by Gasteiger charge is 2.53. The number of rotatable bonds is 6. The van der Waals surface area contributed by atoms with Gasteiger partial charge in [0, 0.05) is 25.6 Å². The molecule has 1 aromatic rings. The number of carbonyl (C=O) groups is 3. The minimum absolute atomic E-state index is 0.0756. The summed E-state index contributed by atoms with van der Waals surface area (Å²) in [5.74, 6) is -0.213. The minimum Gasteiger partial charge on any atom is -0.354 e. The van der Waals surface area contributed by atoms with Crippen molar-refractivity contribution in [2.24, 2.45) is 11.3 Å². The largest absolute Gasteiger partial charge is 0.354 e. The van der Waals surface area contributed by atoms with Crippen LogP contribution in [0.25, 0.3) is 0 Å². The van der Waals surface area contributed by atoms with Crippen molar-refractivity contribution in [3.63, 3.8) is 0 Å². The van der Waals surface area contributed by atoms with Gasteiger partial charge < -0.3 is 15.5 Å². The average molecular weight is 371 g/mol. The van der Waals surface area contributed by atoms with Crippen molar-refractivity contribution >= 4 is 17.7 Å². The fourth-order valence-corrected chi connectivity index (χ4v) is 4.05. The van der Waals surface area contributed by atoms with E-state index in [1.807, 2.05) is 32.0 Å². The molecule has 1 spiro atoms. The molecule has 2 aliphatic rings. The Kier molecular flexibility index (Phi) is 5.82. The van der Waals surface area contributed by atoms with Crippen molar-refractivity contribution in [2.45, 2.75) is 45.6 Å². The molecule has 3 amide bonds. The lowest BCUT2D eigenvalue weighted by Crippen LogP contribution is -2.42. The van der Waals surface area contributed by atoms with Crippen molar-refractivity contribution in [1.82, 2.24) is 15.5 Å². The van der Waals surface area contributed by atoms with Gasteiger partial charge in [-0.15, -0.1) is 0 Å². The molecule has 2 fully saturated rings. The summed E-state index contributed by atoms with van der Waals surface area (Å²) in [6.45, 7) is 5.34. The molecule has 146 valence electrons. The van der Waals surface area contributed by atoms with Crippen LogP contribution < -0.4 is 10.6 Å². The van der Waals surface area contributed by atoms with E-state index >= 15 is 0 Å². The Morgan fingerprint density at radius 2 is 2.04 bits per heavy atom. The van der Waals surface area contributed by atoms with E-state index in [0.29, 0.717) is 32.5 Å². The Morgan fingerprint density at radius 3 is 2.74 bits per heavy atom. The second-order valence-electron chi connectivity index (χ2n) is 8.06. The van der Waals surface area contributed by atoms with Crippen LogP contribution in [-0.2, 0) is 20.8 Å². The lowest BCUT2D eigenvalue weighted by atomic mass is 9.84. The maximum absolute atomic E-state index is 12.5. The van der Waals surface area contributed by atoms with Gasteiger partial charge in [-0.25, -0.2) is 0 Å². The van der Waals surface area contributed by atoms with Gasteiger partial charge in [-0.05, 0) is 31.2 Å². The second-order valence-corrected chi connectivity index (χ2v) is 8.06. The predicted octanol–water partition coefficient (Wildman–Crippen LogP) is 1.50. The molecule has 6 nitrogen and oxygen atoms in total. The monoisotopic (exact) mass is 371 g/mol. The number of carbonyl (C=O) groups excluding carboxylic acids is 3. The van der Waals surface area contributed by atoms with E-state index in [-0.39, 0.29) is 23.6 Å². The van der Waals surface area contributed by atoms with Gasteiger partial charge in [0.05, 0.1) is 5.41 Å². The number of hydrogen-bond donors (Lipinski definition) is 2. The van der Waals surface area contributed by atoms with Gasteiger partial charge in [0.1, 0.15) is 6.04 Å². The Bertz CT molecular complexity index is 704. The Morgan fingerprint density at radius 1 is 1.30 bits per heavy atom. The number of benzene rings is 1. The highest BCUT2D eigenvalue weighted by atomic mass is 16.2. The topological polar surface area (TPSA) is 78.5 Å². The molecule has 2 aliphatic heterocycles. The molecule has 0 saturated carbocycles. The van der Waals surface area contributed by atoms with E-state index < -0.39 is 11.5 Å². The quantitative estimate of drug-likeness (QED) is 0.744. The first kappa shape index (κ1) is 19.4. The minimum atomic E-state index is -0.601. The first-order valence-corrected chi connectivity index (χ1v) is 9.83. The number of amides is 3. The molecule has 1 aromatic carbocycles. The Hall–Kier alpha value is -2.37. The maximum atomic E-state index is 12.5. The van der Waals surface area contributed by atoms with Gasteiger partial charge in [-0.3, -0.25) is 14.4 Å². The van der Waals surface area contributed by atoms with Crippen LogP contribution in [-0.4, -0.2) is 48.3 Å². The second kappa shape index (κ2) is 8.11. The first-order valence-electron chi connectivity index (χ1n) is 9.83. The van der Waals surface area contributed by atoms with E-state index in [1.165, 1.54) is 5.56 Å². The summed E-state index contributed by atoms with van der Waals surface area (Å²) in [6.07, 6.45) is 2.87. The number of nitrogens with one attached hydrogen (secondary N) is 2. The zero-order valence-electron chi connectivity index (χ0n) is 16.2. The third-order valence-corrected chi connectivity index (χ3v) is 5.64. The van der Waals surface area contributed by atoms with E-state index in [2.05, 4.69) is 22.8 Å². The number of aryl methyl sites for hydroxylation is 1. The summed E-state index contributed by atoms with van der Waals surface area (Å²) >= 11 is 0. The molecule has 0 aromatic heterocycles. The fourth-order valence-electron chi connectivity index (χ4n) is 4.05. The van der Waals surface area contributed by atoms with Crippen LogP contribution in [0.3, 0.4) is 0 Å². The molecule has 2 atom stereocenters. The van der Waals surface area contributed by atoms with Gasteiger partial charge in [0.15, 0.2) is 0 Å². The lowest BCUT2D eigenvalue weighted by Gasteiger charge is -2.22.